The van der Waals surface area contributed by atoms with E-state index in [1.165, 1.54) is 41.6 Å². The van der Waals surface area contributed by atoms with Crippen molar-refractivity contribution in [1.82, 2.24) is 0 Å². The number of quaternary nitrogens is 1. The number of benzene rings is 2. The van der Waals surface area contributed by atoms with Crippen LogP contribution in [0.15, 0.2) is 48.5 Å². The predicted octanol–water partition coefficient (Wildman–Crippen LogP) is 6.35. The molecule has 138 valence electrons. The Hall–Kier alpha value is -1.86. The molecule has 0 unspecified atom stereocenters. The van der Waals surface area contributed by atoms with Gasteiger partial charge in [0.2, 0.25) is 0 Å². The van der Waals surface area contributed by atoms with Crippen molar-refractivity contribution in [3.63, 3.8) is 0 Å². The maximum absolute atomic E-state index is 2.42. The van der Waals surface area contributed by atoms with Gasteiger partial charge in [0, 0.05) is 5.92 Å². The summed E-state index contributed by atoms with van der Waals surface area (Å²) in [5.74, 6) is 0.491. The van der Waals surface area contributed by atoms with Crippen molar-refractivity contribution in [3.8, 4) is 0 Å². The van der Waals surface area contributed by atoms with Crippen LogP contribution in [0.2, 0.25) is 0 Å². The molecule has 0 amide bonds. The SMILES string of the molecule is CC(C)[N+](C)(CCCC1c2ccccc2C=Cc2ccccc21)C(C)C. The minimum atomic E-state index is 0.491. The molecule has 0 saturated heterocycles. The highest BCUT2D eigenvalue weighted by Gasteiger charge is 2.30. The van der Waals surface area contributed by atoms with Gasteiger partial charge >= 0.3 is 0 Å². The first kappa shape index (κ1) is 18.9. The summed E-state index contributed by atoms with van der Waals surface area (Å²) in [6, 6.07) is 19.2. The molecule has 0 fully saturated rings. The highest BCUT2D eigenvalue weighted by atomic mass is 15.4. The molecule has 0 bridgehead atoms. The Bertz CT molecular complexity index is 712. The van der Waals surface area contributed by atoms with Gasteiger partial charge in [-0.05, 0) is 62.8 Å². The molecule has 2 aromatic carbocycles. The molecular weight excluding hydrogens is 314 g/mol. The second kappa shape index (κ2) is 7.80. The Morgan fingerprint density at radius 1 is 0.769 bits per heavy atom. The van der Waals surface area contributed by atoms with Gasteiger partial charge in [-0.3, -0.25) is 0 Å². The largest absolute Gasteiger partial charge is 0.322 e. The summed E-state index contributed by atoms with van der Waals surface area (Å²) in [6.07, 6.45) is 7.04. The molecule has 0 aliphatic heterocycles. The summed E-state index contributed by atoms with van der Waals surface area (Å²) in [7, 11) is 2.42. The van der Waals surface area contributed by atoms with E-state index in [0.29, 0.717) is 18.0 Å². The van der Waals surface area contributed by atoms with Crippen molar-refractivity contribution in [3.05, 3.63) is 70.8 Å². The summed E-state index contributed by atoms with van der Waals surface area (Å²) in [6.45, 7) is 10.7. The molecule has 26 heavy (non-hydrogen) atoms. The fraction of sp³-hybridized carbons (Fsp3) is 0.440. The third-order valence-corrected chi connectivity index (χ3v) is 6.68. The molecule has 0 radical (unpaired) electrons. The Balaban J connectivity index is 1.87. The fourth-order valence-corrected chi connectivity index (χ4v) is 4.37. The summed E-state index contributed by atoms with van der Waals surface area (Å²) < 4.78 is 1.15. The van der Waals surface area contributed by atoms with Crippen molar-refractivity contribution in [2.45, 2.75) is 58.5 Å². The normalized spacial score (nSPS) is 14.4. The molecular formula is C25H34N+. The topological polar surface area (TPSA) is 0 Å². The third-order valence-electron chi connectivity index (χ3n) is 6.68. The lowest BCUT2D eigenvalue weighted by molar-refractivity contribution is -0.949. The van der Waals surface area contributed by atoms with E-state index in [1.54, 1.807) is 0 Å². The molecule has 0 aromatic heterocycles. The maximum atomic E-state index is 2.42. The van der Waals surface area contributed by atoms with E-state index in [0.717, 1.165) is 4.48 Å². The van der Waals surface area contributed by atoms with Crippen molar-refractivity contribution >= 4 is 12.2 Å². The van der Waals surface area contributed by atoms with Crippen LogP contribution in [0, 0.1) is 0 Å². The molecule has 3 rings (SSSR count). The van der Waals surface area contributed by atoms with Crippen LogP contribution in [-0.2, 0) is 0 Å². The number of nitrogens with zero attached hydrogens (tertiary/aromatic N) is 1. The molecule has 1 aliphatic rings. The molecule has 1 heteroatoms. The number of rotatable bonds is 6. The molecule has 0 heterocycles. The Labute approximate surface area is 160 Å². The summed E-state index contributed by atoms with van der Waals surface area (Å²) in [5.41, 5.74) is 5.71. The lowest BCUT2D eigenvalue weighted by Crippen LogP contribution is -2.55. The minimum absolute atomic E-state index is 0.491. The van der Waals surface area contributed by atoms with E-state index in [4.69, 9.17) is 0 Å². The zero-order chi connectivity index (χ0) is 18.7. The number of fused-ring (bicyclic) bond motifs is 2. The highest BCUT2D eigenvalue weighted by Crippen LogP contribution is 2.37. The van der Waals surface area contributed by atoms with E-state index in [-0.39, 0.29) is 0 Å². The number of hydrogen-bond acceptors (Lipinski definition) is 0. The first-order valence-corrected chi connectivity index (χ1v) is 10.1. The molecule has 1 nitrogen and oxygen atoms in total. The third kappa shape index (κ3) is 3.64. The lowest BCUT2D eigenvalue weighted by atomic mass is 9.84. The van der Waals surface area contributed by atoms with E-state index in [9.17, 15) is 0 Å². The Morgan fingerprint density at radius 3 is 1.69 bits per heavy atom. The zero-order valence-electron chi connectivity index (χ0n) is 17.1. The lowest BCUT2D eigenvalue weighted by Gasteiger charge is -2.42. The van der Waals surface area contributed by atoms with Crippen molar-refractivity contribution < 1.29 is 4.48 Å². The first-order chi connectivity index (χ1) is 12.4. The fourth-order valence-electron chi connectivity index (χ4n) is 4.37. The van der Waals surface area contributed by atoms with Gasteiger partial charge < -0.3 is 4.48 Å². The van der Waals surface area contributed by atoms with Crippen molar-refractivity contribution in [1.29, 1.82) is 0 Å². The number of hydrogen-bond donors (Lipinski definition) is 0. The second-order valence-electron chi connectivity index (χ2n) is 8.54. The quantitative estimate of drug-likeness (QED) is 0.534. The van der Waals surface area contributed by atoms with E-state index in [1.807, 2.05) is 0 Å². The smallest absolute Gasteiger partial charge is 0.0833 e. The summed E-state index contributed by atoms with van der Waals surface area (Å²) >= 11 is 0. The first-order valence-electron chi connectivity index (χ1n) is 10.1. The standard InChI is InChI=1S/C25H34N/c1-19(2)26(5,20(3)4)18-10-15-25-23-13-8-6-11-21(23)16-17-22-12-7-9-14-24(22)25/h6-9,11-14,16-17,19-20,25H,10,15,18H2,1-5H3/q+1. The maximum Gasteiger partial charge on any atom is 0.0833 e. The average Bonchev–Trinajstić information content (AvgIpc) is 2.79. The van der Waals surface area contributed by atoms with Crippen LogP contribution in [0.25, 0.3) is 12.2 Å². The predicted molar refractivity (Wildman–Crippen MR) is 114 cm³/mol. The molecule has 2 aromatic rings. The van der Waals surface area contributed by atoms with Crippen molar-refractivity contribution in [2.75, 3.05) is 13.6 Å². The van der Waals surface area contributed by atoms with E-state index < -0.39 is 0 Å². The molecule has 0 spiro atoms. The van der Waals surface area contributed by atoms with Gasteiger partial charge in [0.1, 0.15) is 0 Å². The van der Waals surface area contributed by atoms with Gasteiger partial charge in [-0.15, -0.1) is 0 Å². The van der Waals surface area contributed by atoms with Gasteiger partial charge in [0.05, 0.1) is 25.7 Å². The van der Waals surface area contributed by atoms with Crippen LogP contribution >= 0.6 is 0 Å². The van der Waals surface area contributed by atoms with E-state index >= 15 is 0 Å². The molecule has 0 saturated carbocycles. The highest BCUT2D eigenvalue weighted by molar-refractivity contribution is 5.76. The van der Waals surface area contributed by atoms with Crippen LogP contribution in [-0.4, -0.2) is 30.2 Å². The minimum Gasteiger partial charge on any atom is -0.322 e. The second-order valence-corrected chi connectivity index (χ2v) is 8.54. The van der Waals surface area contributed by atoms with E-state index in [2.05, 4.69) is 95.4 Å². The molecule has 0 atom stereocenters. The average molecular weight is 349 g/mol. The van der Waals surface area contributed by atoms with Gasteiger partial charge in [-0.25, -0.2) is 0 Å². The van der Waals surface area contributed by atoms with Gasteiger partial charge in [0.25, 0.3) is 0 Å². The van der Waals surface area contributed by atoms with Crippen LogP contribution in [0.5, 0.6) is 0 Å². The monoisotopic (exact) mass is 348 g/mol. The zero-order valence-corrected chi connectivity index (χ0v) is 17.1. The molecule has 0 N–H and O–H groups in total. The summed E-state index contributed by atoms with van der Waals surface area (Å²) in [5, 5.41) is 0. The van der Waals surface area contributed by atoms with Gasteiger partial charge in [-0.2, -0.15) is 0 Å². The van der Waals surface area contributed by atoms with Crippen LogP contribution in [0.1, 0.15) is 68.7 Å². The Morgan fingerprint density at radius 2 is 1.23 bits per heavy atom. The van der Waals surface area contributed by atoms with Crippen molar-refractivity contribution in [2.24, 2.45) is 0 Å². The van der Waals surface area contributed by atoms with Crippen LogP contribution in [0.4, 0.5) is 0 Å². The van der Waals surface area contributed by atoms with Crippen LogP contribution < -0.4 is 0 Å². The summed E-state index contributed by atoms with van der Waals surface area (Å²) in [4.78, 5) is 0. The van der Waals surface area contributed by atoms with Gasteiger partial charge in [0.15, 0.2) is 0 Å². The van der Waals surface area contributed by atoms with Crippen LogP contribution in [0.3, 0.4) is 0 Å². The van der Waals surface area contributed by atoms with Gasteiger partial charge in [-0.1, -0.05) is 60.7 Å². The molecule has 1 aliphatic carbocycles. The Kier molecular flexibility index (Phi) is 5.67.